The fraction of sp³-hybridized carbons (Fsp3) is 0.286. The number of ether oxygens (including phenoxy) is 1. The summed E-state index contributed by atoms with van der Waals surface area (Å²) in [5.74, 6) is 0.196. The maximum atomic E-state index is 12.3. The molecule has 0 saturated carbocycles. The Kier molecular flexibility index (Phi) is 2.49. The van der Waals surface area contributed by atoms with E-state index in [-0.39, 0.29) is 11.4 Å². The lowest BCUT2D eigenvalue weighted by Crippen LogP contribution is -2.36. The van der Waals surface area contributed by atoms with Crippen molar-refractivity contribution in [1.29, 1.82) is 0 Å². The van der Waals surface area contributed by atoms with E-state index >= 15 is 0 Å². The molecule has 13 heavy (non-hydrogen) atoms. The van der Waals surface area contributed by atoms with E-state index in [2.05, 4.69) is 4.98 Å². The van der Waals surface area contributed by atoms with Gasteiger partial charge in [0.1, 0.15) is 0 Å². The van der Waals surface area contributed by atoms with Crippen LogP contribution in [0.2, 0.25) is 0 Å². The van der Waals surface area contributed by atoms with E-state index in [1.54, 1.807) is 0 Å². The normalized spacial score (nSPS) is 11.5. The molecule has 0 aliphatic heterocycles. The van der Waals surface area contributed by atoms with Crippen LogP contribution in [0.4, 0.5) is 12.9 Å². The van der Waals surface area contributed by atoms with Gasteiger partial charge in [0.05, 0.1) is 7.11 Å². The van der Waals surface area contributed by atoms with Crippen LogP contribution >= 0.6 is 0 Å². The van der Waals surface area contributed by atoms with Crippen LogP contribution in [0.1, 0.15) is 5.56 Å². The predicted octanol–water partition coefficient (Wildman–Crippen LogP) is 1.45. The van der Waals surface area contributed by atoms with Gasteiger partial charge in [-0.2, -0.15) is 0 Å². The second kappa shape index (κ2) is 3.28. The third-order valence-corrected chi connectivity index (χ3v) is 1.69. The van der Waals surface area contributed by atoms with E-state index < -0.39 is 12.4 Å². The summed E-state index contributed by atoms with van der Waals surface area (Å²) in [7, 11) is 1.36. The van der Waals surface area contributed by atoms with Gasteiger partial charge >= 0.3 is 6.98 Å². The zero-order valence-corrected chi connectivity index (χ0v) is 7.22. The summed E-state index contributed by atoms with van der Waals surface area (Å²) < 4.78 is 41.5. The summed E-state index contributed by atoms with van der Waals surface area (Å²) in [4.78, 5) is 3.50. The number of aryl methyl sites for hydroxylation is 1. The number of hydrogen-bond acceptors (Lipinski definition) is 2. The van der Waals surface area contributed by atoms with Crippen LogP contribution in [0.3, 0.4) is 0 Å². The molecule has 6 heteroatoms. The maximum absolute atomic E-state index is 12.3. The number of methoxy groups -OCH3 is 1. The molecule has 0 atom stereocenters. The molecule has 0 saturated heterocycles. The number of rotatable bonds is 2. The molecule has 2 nitrogen and oxygen atoms in total. The summed E-state index contributed by atoms with van der Waals surface area (Å²) in [6.07, 6.45) is 0.800. The Hall–Kier alpha value is -1.20. The number of halogens is 3. The van der Waals surface area contributed by atoms with Gasteiger partial charge in [0.25, 0.3) is 0 Å². The zero-order chi connectivity index (χ0) is 10.1. The molecule has 0 aromatic carbocycles. The van der Waals surface area contributed by atoms with Crippen LogP contribution in [0, 0.1) is 6.92 Å². The monoisotopic (exact) mass is 190 g/mol. The Morgan fingerprint density at radius 1 is 1.38 bits per heavy atom. The van der Waals surface area contributed by atoms with Gasteiger partial charge < -0.3 is 17.7 Å². The molecule has 0 N–H and O–H groups in total. The Morgan fingerprint density at radius 2 is 2.00 bits per heavy atom. The molecule has 0 bridgehead atoms. The van der Waals surface area contributed by atoms with Crippen LogP contribution < -0.4 is 10.2 Å². The van der Waals surface area contributed by atoms with Crippen molar-refractivity contribution in [3.8, 4) is 5.88 Å². The first-order valence-electron chi connectivity index (χ1n) is 3.65. The van der Waals surface area contributed by atoms with E-state index in [9.17, 15) is 12.9 Å². The Morgan fingerprint density at radius 3 is 2.38 bits per heavy atom. The predicted molar refractivity (Wildman–Crippen MR) is 44.2 cm³/mol. The van der Waals surface area contributed by atoms with Crippen molar-refractivity contribution in [1.82, 2.24) is 4.98 Å². The molecular formula is C7H8BF3NO-. The molecule has 1 heterocycles. The zero-order valence-electron chi connectivity index (χ0n) is 7.22. The number of hydrogen-bond donors (Lipinski definition) is 0. The first-order chi connectivity index (χ1) is 5.95. The van der Waals surface area contributed by atoms with E-state index in [0.717, 1.165) is 6.20 Å². The molecule has 1 aromatic rings. The average Bonchev–Trinajstić information content (AvgIpc) is 2.01. The van der Waals surface area contributed by atoms with Crippen LogP contribution in [-0.2, 0) is 0 Å². The van der Waals surface area contributed by atoms with Gasteiger partial charge in [0.2, 0.25) is 5.88 Å². The van der Waals surface area contributed by atoms with Crippen molar-refractivity contribution < 1.29 is 17.7 Å². The third kappa shape index (κ3) is 2.14. The van der Waals surface area contributed by atoms with Crippen molar-refractivity contribution in [2.45, 2.75) is 6.92 Å². The van der Waals surface area contributed by atoms with Gasteiger partial charge in [0.15, 0.2) is 0 Å². The highest BCUT2D eigenvalue weighted by molar-refractivity contribution is 6.73. The highest BCUT2D eigenvalue weighted by Gasteiger charge is 2.27. The minimum atomic E-state index is -4.97. The highest BCUT2D eigenvalue weighted by Crippen LogP contribution is 2.14. The van der Waals surface area contributed by atoms with E-state index in [1.807, 2.05) is 0 Å². The van der Waals surface area contributed by atoms with E-state index in [1.165, 1.54) is 20.1 Å². The summed E-state index contributed by atoms with van der Waals surface area (Å²) in [6, 6.07) is 1.27. The average molecular weight is 190 g/mol. The smallest absolute Gasteiger partial charge is 0.481 e. The van der Waals surface area contributed by atoms with Crippen molar-refractivity contribution in [2.75, 3.05) is 7.11 Å². The van der Waals surface area contributed by atoms with Gasteiger partial charge in [-0.25, -0.2) is 4.98 Å². The second-order valence-electron chi connectivity index (χ2n) is 2.66. The summed E-state index contributed by atoms with van der Waals surface area (Å²) in [5.41, 5.74) is -0.528. The number of aromatic nitrogens is 1. The number of nitrogens with zero attached hydrogens (tertiary/aromatic N) is 1. The van der Waals surface area contributed by atoms with Crippen molar-refractivity contribution in [3.05, 3.63) is 17.8 Å². The molecule has 0 amide bonds. The fourth-order valence-electron chi connectivity index (χ4n) is 0.995. The van der Waals surface area contributed by atoms with Crippen LogP contribution in [0.5, 0.6) is 5.88 Å². The molecule has 1 rings (SSSR count). The molecule has 0 radical (unpaired) electrons. The quantitative estimate of drug-likeness (QED) is 0.658. The van der Waals surface area contributed by atoms with Crippen molar-refractivity contribution in [3.63, 3.8) is 0 Å². The standard InChI is InChI=1S/C7H8BF3NO/c1-5-3-7(13-2)12-4-6(5)8(9,10)11/h3-4H,1-2H3/q-1. The van der Waals surface area contributed by atoms with Crippen LogP contribution in [0.15, 0.2) is 12.3 Å². The molecule has 0 fully saturated rings. The first-order valence-corrected chi connectivity index (χ1v) is 3.65. The molecule has 0 spiro atoms. The lowest BCUT2D eigenvalue weighted by atomic mass is 9.78. The highest BCUT2D eigenvalue weighted by atomic mass is 19.4. The van der Waals surface area contributed by atoms with Gasteiger partial charge in [-0.3, -0.25) is 0 Å². The lowest BCUT2D eigenvalue weighted by molar-refractivity contribution is 0.397. The SMILES string of the molecule is COc1cc(C)c([B-](F)(F)F)cn1. The minimum absolute atomic E-state index is 0.138. The van der Waals surface area contributed by atoms with E-state index in [4.69, 9.17) is 4.74 Å². The maximum Gasteiger partial charge on any atom is 0.511 e. The summed E-state index contributed by atoms with van der Waals surface area (Å²) >= 11 is 0. The summed E-state index contributed by atoms with van der Waals surface area (Å²) in [5, 5.41) is 0. The second-order valence-corrected chi connectivity index (χ2v) is 2.66. The van der Waals surface area contributed by atoms with Crippen molar-refractivity contribution >= 4 is 12.4 Å². The van der Waals surface area contributed by atoms with Gasteiger partial charge in [-0.1, -0.05) is 11.0 Å². The molecule has 0 aliphatic carbocycles. The van der Waals surface area contributed by atoms with Crippen LogP contribution in [-0.4, -0.2) is 19.1 Å². The van der Waals surface area contributed by atoms with Gasteiger partial charge in [0, 0.05) is 12.3 Å². The molecular weight excluding hydrogens is 182 g/mol. The minimum Gasteiger partial charge on any atom is -0.481 e. The lowest BCUT2D eigenvalue weighted by Gasteiger charge is -2.17. The van der Waals surface area contributed by atoms with Crippen LogP contribution in [0.25, 0.3) is 0 Å². The Balaban J connectivity index is 3.13. The fourth-order valence-corrected chi connectivity index (χ4v) is 0.995. The van der Waals surface area contributed by atoms with Gasteiger partial charge in [-0.15, -0.1) is 0 Å². The Bertz CT molecular complexity index is 313. The topological polar surface area (TPSA) is 22.1 Å². The number of pyridine rings is 1. The molecule has 1 aromatic heterocycles. The van der Waals surface area contributed by atoms with Crippen molar-refractivity contribution in [2.24, 2.45) is 0 Å². The molecule has 0 aliphatic rings. The molecule has 0 unspecified atom stereocenters. The summed E-state index contributed by atoms with van der Waals surface area (Å²) in [6.45, 7) is -3.58. The van der Waals surface area contributed by atoms with E-state index in [0.29, 0.717) is 0 Å². The molecule has 72 valence electrons. The Labute approximate surface area is 73.8 Å². The largest absolute Gasteiger partial charge is 0.511 e. The third-order valence-electron chi connectivity index (χ3n) is 1.69. The van der Waals surface area contributed by atoms with Gasteiger partial charge in [-0.05, 0) is 6.92 Å². The first kappa shape index (κ1) is 9.89.